The fraction of sp³-hybridized carbons (Fsp3) is 1.00. The molecule has 3 heteroatoms. The van der Waals surface area contributed by atoms with E-state index in [1.54, 1.807) is 7.11 Å². The summed E-state index contributed by atoms with van der Waals surface area (Å²) in [7, 11) is 1.68. The largest absolute Gasteiger partial charge is 0.390 e. The zero-order valence-corrected chi connectivity index (χ0v) is 12.0. The summed E-state index contributed by atoms with van der Waals surface area (Å²) in [5.74, 6) is 1.69. The van der Waals surface area contributed by atoms with Crippen molar-refractivity contribution in [2.24, 2.45) is 17.8 Å². The molecule has 2 unspecified atom stereocenters. The molecule has 2 saturated carbocycles. The summed E-state index contributed by atoms with van der Waals surface area (Å²) in [6.07, 6.45) is 7.63. The van der Waals surface area contributed by atoms with Crippen molar-refractivity contribution in [2.45, 2.75) is 64.1 Å². The van der Waals surface area contributed by atoms with Gasteiger partial charge >= 0.3 is 0 Å². The Bertz CT molecular complexity index is 259. The summed E-state index contributed by atoms with van der Waals surface area (Å²) < 4.78 is 10.9. The number of rotatable bonds is 4. The first-order valence-electron chi connectivity index (χ1n) is 7.37. The van der Waals surface area contributed by atoms with Crippen molar-refractivity contribution in [3.05, 3.63) is 0 Å². The van der Waals surface area contributed by atoms with Gasteiger partial charge in [0.05, 0.1) is 11.7 Å². The number of methoxy groups -OCH3 is 1. The molecular formula is C15H28O3. The molecule has 0 bridgehead atoms. The summed E-state index contributed by atoms with van der Waals surface area (Å²) in [6, 6.07) is 0. The zero-order valence-electron chi connectivity index (χ0n) is 12.0. The van der Waals surface area contributed by atoms with Gasteiger partial charge in [-0.15, -0.1) is 0 Å². The van der Waals surface area contributed by atoms with Crippen LogP contribution in [0.25, 0.3) is 0 Å². The standard InChI is InChI=1S/C15H28O3/c1-15(2,16)13-8-4-7-12-11(13)6-5-9-14(12)18-10-17-3/h11-14,16H,4-10H2,1-3H3/t11?,12?,13-,14-/m1/s1. The van der Waals surface area contributed by atoms with Gasteiger partial charge < -0.3 is 14.6 Å². The van der Waals surface area contributed by atoms with Crippen molar-refractivity contribution in [3.63, 3.8) is 0 Å². The molecule has 0 spiro atoms. The van der Waals surface area contributed by atoms with Gasteiger partial charge in [0.15, 0.2) is 0 Å². The van der Waals surface area contributed by atoms with Crippen LogP contribution in [0, 0.1) is 17.8 Å². The van der Waals surface area contributed by atoms with Gasteiger partial charge in [0, 0.05) is 7.11 Å². The highest BCUT2D eigenvalue weighted by Gasteiger charge is 2.45. The van der Waals surface area contributed by atoms with Gasteiger partial charge in [-0.3, -0.25) is 0 Å². The number of hydrogen-bond donors (Lipinski definition) is 1. The predicted molar refractivity (Wildman–Crippen MR) is 71.2 cm³/mol. The maximum atomic E-state index is 10.4. The third kappa shape index (κ3) is 3.06. The molecule has 3 nitrogen and oxygen atoms in total. The number of hydrogen-bond acceptors (Lipinski definition) is 3. The normalized spacial score (nSPS) is 37.3. The molecule has 0 aliphatic heterocycles. The van der Waals surface area contributed by atoms with Crippen LogP contribution in [0.3, 0.4) is 0 Å². The molecule has 0 heterocycles. The van der Waals surface area contributed by atoms with Crippen molar-refractivity contribution in [1.82, 2.24) is 0 Å². The maximum absolute atomic E-state index is 10.4. The van der Waals surface area contributed by atoms with Gasteiger partial charge in [0.25, 0.3) is 0 Å². The summed E-state index contributed by atoms with van der Waals surface area (Å²) in [4.78, 5) is 0. The lowest BCUT2D eigenvalue weighted by atomic mass is 9.60. The second kappa shape index (κ2) is 5.89. The molecular weight excluding hydrogens is 228 g/mol. The van der Waals surface area contributed by atoms with E-state index in [9.17, 15) is 5.11 Å². The molecule has 2 aliphatic rings. The van der Waals surface area contributed by atoms with E-state index < -0.39 is 5.60 Å². The van der Waals surface area contributed by atoms with Crippen molar-refractivity contribution in [1.29, 1.82) is 0 Å². The molecule has 4 atom stereocenters. The van der Waals surface area contributed by atoms with E-state index in [1.807, 2.05) is 13.8 Å². The van der Waals surface area contributed by atoms with Crippen LogP contribution in [0.4, 0.5) is 0 Å². The minimum Gasteiger partial charge on any atom is -0.390 e. The maximum Gasteiger partial charge on any atom is 0.146 e. The highest BCUT2D eigenvalue weighted by Crippen LogP contribution is 2.48. The monoisotopic (exact) mass is 256 g/mol. The molecule has 0 aromatic rings. The van der Waals surface area contributed by atoms with Crippen molar-refractivity contribution in [2.75, 3.05) is 13.9 Å². The Morgan fingerprint density at radius 2 is 1.72 bits per heavy atom. The quantitative estimate of drug-likeness (QED) is 0.786. The van der Waals surface area contributed by atoms with Gasteiger partial charge in [-0.05, 0) is 57.3 Å². The fourth-order valence-electron chi connectivity index (χ4n) is 4.19. The zero-order chi connectivity index (χ0) is 13.2. The molecule has 106 valence electrons. The molecule has 2 rings (SSSR count). The summed E-state index contributed by atoms with van der Waals surface area (Å²) in [5, 5.41) is 10.4. The van der Waals surface area contributed by atoms with E-state index in [4.69, 9.17) is 9.47 Å². The average Bonchev–Trinajstić information content (AvgIpc) is 2.34. The SMILES string of the molecule is COCO[C@@H]1CCCC2C1CCC[C@H]2C(C)(C)O. The van der Waals surface area contributed by atoms with Crippen LogP contribution < -0.4 is 0 Å². The van der Waals surface area contributed by atoms with E-state index in [-0.39, 0.29) is 0 Å². The van der Waals surface area contributed by atoms with Gasteiger partial charge in [0.2, 0.25) is 0 Å². The molecule has 2 aliphatic carbocycles. The van der Waals surface area contributed by atoms with Crippen molar-refractivity contribution in [3.8, 4) is 0 Å². The lowest BCUT2D eigenvalue weighted by Gasteiger charge is -2.48. The average molecular weight is 256 g/mol. The van der Waals surface area contributed by atoms with Crippen LogP contribution in [0.2, 0.25) is 0 Å². The molecule has 2 fully saturated rings. The Labute approximate surface area is 111 Å². The smallest absolute Gasteiger partial charge is 0.146 e. The Hall–Kier alpha value is -0.120. The first-order chi connectivity index (χ1) is 8.54. The first kappa shape index (κ1) is 14.3. The van der Waals surface area contributed by atoms with Gasteiger partial charge in [-0.2, -0.15) is 0 Å². The molecule has 0 radical (unpaired) electrons. The minimum atomic E-state index is -0.549. The van der Waals surface area contributed by atoms with E-state index in [1.165, 1.54) is 32.1 Å². The van der Waals surface area contributed by atoms with E-state index in [2.05, 4.69) is 0 Å². The lowest BCUT2D eigenvalue weighted by molar-refractivity contribution is -0.142. The summed E-state index contributed by atoms with van der Waals surface area (Å²) >= 11 is 0. The van der Waals surface area contributed by atoms with E-state index in [0.717, 1.165) is 6.42 Å². The molecule has 0 aromatic carbocycles. The van der Waals surface area contributed by atoms with Crippen LogP contribution in [0.5, 0.6) is 0 Å². The van der Waals surface area contributed by atoms with Gasteiger partial charge in [0.1, 0.15) is 6.79 Å². The highest BCUT2D eigenvalue weighted by molar-refractivity contribution is 4.95. The summed E-state index contributed by atoms with van der Waals surface area (Å²) in [5.41, 5.74) is -0.549. The van der Waals surface area contributed by atoms with Gasteiger partial charge in [-0.1, -0.05) is 12.8 Å². The van der Waals surface area contributed by atoms with Gasteiger partial charge in [-0.25, -0.2) is 0 Å². The fourth-order valence-corrected chi connectivity index (χ4v) is 4.19. The number of ether oxygens (including phenoxy) is 2. The number of fused-ring (bicyclic) bond motifs is 1. The Balaban J connectivity index is 2.05. The Morgan fingerprint density at radius 3 is 2.39 bits per heavy atom. The second-order valence-corrected chi connectivity index (χ2v) is 6.56. The Kier molecular flexibility index (Phi) is 4.68. The van der Waals surface area contributed by atoms with Crippen LogP contribution in [-0.2, 0) is 9.47 Å². The Morgan fingerprint density at radius 1 is 1.06 bits per heavy atom. The van der Waals surface area contributed by atoms with E-state index in [0.29, 0.717) is 30.7 Å². The molecule has 0 amide bonds. The topological polar surface area (TPSA) is 38.7 Å². The van der Waals surface area contributed by atoms with Crippen LogP contribution in [0.1, 0.15) is 52.4 Å². The van der Waals surface area contributed by atoms with Crippen LogP contribution in [-0.4, -0.2) is 30.7 Å². The third-order valence-corrected chi connectivity index (χ3v) is 4.93. The highest BCUT2D eigenvalue weighted by atomic mass is 16.7. The molecule has 18 heavy (non-hydrogen) atoms. The predicted octanol–water partition coefficient (Wildman–Crippen LogP) is 2.96. The van der Waals surface area contributed by atoms with Crippen LogP contribution in [0.15, 0.2) is 0 Å². The minimum absolute atomic E-state index is 0.342. The van der Waals surface area contributed by atoms with E-state index >= 15 is 0 Å². The van der Waals surface area contributed by atoms with Crippen molar-refractivity contribution < 1.29 is 14.6 Å². The second-order valence-electron chi connectivity index (χ2n) is 6.56. The lowest BCUT2D eigenvalue weighted by Crippen LogP contribution is -2.47. The first-order valence-corrected chi connectivity index (χ1v) is 7.37. The molecule has 1 N–H and O–H groups in total. The van der Waals surface area contributed by atoms with Crippen LogP contribution >= 0.6 is 0 Å². The summed E-state index contributed by atoms with van der Waals surface area (Å²) in [6.45, 7) is 4.35. The third-order valence-electron chi connectivity index (χ3n) is 4.93. The molecule has 0 saturated heterocycles. The molecule has 0 aromatic heterocycles. The van der Waals surface area contributed by atoms with Crippen molar-refractivity contribution >= 4 is 0 Å². The number of aliphatic hydroxyl groups is 1.